The molecule has 7 heteroatoms. The molecule has 0 atom stereocenters. The molecule has 114 valence electrons. The van der Waals surface area contributed by atoms with Gasteiger partial charge in [-0.05, 0) is 6.07 Å². The van der Waals surface area contributed by atoms with Crippen molar-refractivity contribution < 1.29 is 17.9 Å². The molecule has 0 aliphatic rings. The summed E-state index contributed by atoms with van der Waals surface area (Å²) in [7, 11) is 0. The van der Waals surface area contributed by atoms with Crippen LogP contribution in [0.2, 0.25) is 0 Å². The number of hydrogen-bond acceptors (Lipinski definition) is 3. The van der Waals surface area contributed by atoms with Gasteiger partial charge in [0.05, 0.1) is 18.4 Å². The number of nitrogens with two attached hydrogens (primary N) is 1. The lowest BCUT2D eigenvalue weighted by molar-refractivity contribution is -0.137. The van der Waals surface area contributed by atoms with E-state index in [2.05, 4.69) is 5.10 Å². The molecule has 0 radical (unpaired) electrons. The van der Waals surface area contributed by atoms with Gasteiger partial charge in [-0.1, -0.05) is 18.2 Å². The third-order valence-corrected chi connectivity index (χ3v) is 2.94. The summed E-state index contributed by atoms with van der Waals surface area (Å²) in [6.45, 7) is 1.13. The highest BCUT2D eigenvalue weighted by Gasteiger charge is 2.32. The van der Waals surface area contributed by atoms with Crippen molar-refractivity contribution in [2.24, 2.45) is 5.73 Å². The Hall–Kier alpha value is -2.02. The lowest BCUT2D eigenvalue weighted by Gasteiger charge is -2.10. The van der Waals surface area contributed by atoms with Gasteiger partial charge in [-0.15, -0.1) is 0 Å². The van der Waals surface area contributed by atoms with Gasteiger partial charge in [-0.2, -0.15) is 18.3 Å². The number of aryl methyl sites for hydroxylation is 1. The van der Waals surface area contributed by atoms with E-state index in [-0.39, 0.29) is 0 Å². The predicted molar refractivity (Wildman–Crippen MR) is 71.7 cm³/mol. The van der Waals surface area contributed by atoms with Crippen molar-refractivity contribution in [3.05, 3.63) is 47.8 Å². The predicted octanol–water partition coefficient (Wildman–Crippen LogP) is 2.83. The molecule has 0 aliphatic carbocycles. The number of nitrogens with zero attached hydrogens (tertiary/aromatic N) is 2. The first-order chi connectivity index (χ1) is 10.0. The summed E-state index contributed by atoms with van der Waals surface area (Å²) >= 11 is 0. The molecule has 0 fully saturated rings. The molecule has 1 aromatic heterocycles. The fourth-order valence-electron chi connectivity index (χ4n) is 1.85. The Kier molecular flexibility index (Phi) is 4.85. The number of rotatable bonds is 6. The third kappa shape index (κ3) is 4.22. The molecule has 21 heavy (non-hydrogen) atoms. The van der Waals surface area contributed by atoms with Crippen molar-refractivity contribution in [1.82, 2.24) is 9.78 Å². The van der Waals surface area contributed by atoms with Crippen molar-refractivity contribution in [1.29, 1.82) is 0 Å². The van der Waals surface area contributed by atoms with Crippen LogP contribution in [0.25, 0.3) is 0 Å². The van der Waals surface area contributed by atoms with Crippen molar-refractivity contribution >= 4 is 0 Å². The fourth-order valence-corrected chi connectivity index (χ4v) is 1.85. The van der Waals surface area contributed by atoms with Crippen LogP contribution < -0.4 is 10.5 Å². The highest BCUT2D eigenvalue weighted by atomic mass is 19.4. The van der Waals surface area contributed by atoms with Crippen LogP contribution in [0.3, 0.4) is 0 Å². The Morgan fingerprint density at radius 2 is 2.00 bits per heavy atom. The first kappa shape index (κ1) is 15.4. The monoisotopic (exact) mass is 299 g/mol. The lowest BCUT2D eigenvalue weighted by atomic mass is 10.2. The van der Waals surface area contributed by atoms with Crippen LogP contribution in [0.5, 0.6) is 5.75 Å². The molecule has 0 saturated heterocycles. The van der Waals surface area contributed by atoms with E-state index in [9.17, 15) is 13.2 Å². The molecule has 0 spiro atoms. The van der Waals surface area contributed by atoms with E-state index >= 15 is 0 Å². The average Bonchev–Trinajstić information content (AvgIpc) is 2.93. The molecule has 2 rings (SSSR count). The largest absolute Gasteiger partial charge is 0.493 e. The van der Waals surface area contributed by atoms with E-state index in [1.165, 1.54) is 4.68 Å². The highest BCUT2D eigenvalue weighted by molar-refractivity contribution is 5.32. The van der Waals surface area contributed by atoms with Crippen molar-refractivity contribution in [2.75, 3.05) is 6.61 Å². The maximum absolute atomic E-state index is 12.4. The van der Waals surface area contributed by atoms with Gasteiger partial charge in [-0.3, -0.25) is 4.68 Å². The summed E-state index contributed by atoms with van der Waals surface area (Å²) < 4.78 is 44.1. The van der Waals surface area contributed by atoms with Gasteiger partial charge in [-0.25, -0.2) is 0 Å². The van der Waals surface area contributed by atoms with Crippen molar-refractivity contribution in [2.45, 2.75) is 25.7 Å². The molecule has 2 N–H and O–H groups in total. The van der Waals surface area contributed by atoms with E-state index in [1.807, 2.05) is 24.3 Å². The minimum Gasteiger partial charge on any atom is -0.493 e. The molecule has 0 aliphatic heterocycles. The van der Waals surface area contributed by atoms with E-state index in [1.54, 1.807) is 0 Å². The summed E-state index contributed by atoms with van der Waals surface area (Å²) in [4.78, 5) is 0. The lowest BCUT2D eigenvalue weighted by Crippen LogP contribution is -2.07. The van der Waals surface area contributed by atoms with E-state index < -0.39 is 11.7 Å². The minimum absolute atomic E-state index is 0.362. The van der Waals surface area contributed by atoms with Gasteiger partial charge < -0.3 is 10.5 Å². The molecule has 1 heterocycles. The van der Waals surface area contributed by atoms with E-state index in [0.29, 0.717) is 31.9 Å². The number of ether oxygens (including phenoxy) is 1. The van der Waals surface area contributed by atoms with Crippen LogP contribution in [-0.2, 0) is 19.3 Å². The SMILES string of the molecule is NCc1ccccc1OCCCn1cc(C(F)(F)F)cn1. The fraction of sp³-hybridized carbons (Fsp3) is 0.357. The standard InChI is InChI=1S/C14H16F3N3O/c15-14(16,17)12-9-19-20(10-12)6-3-7-21-13-5-2-1-4-11(13)8-18/h1-2,4-5,9-10H,3,6-8,18H2. The number of alkyl halides is 3. The molecule has 1 aromatic carbocycles. The van der Waals surface area contributed by atoms with Crippen molar-refractivity contribution in [3.8, 4) is 5.75 Å². The second kappa shape index (κ2) is 6.62. The van der Waals surface area contributed by atoms with Gasteiger partial charge in [0, 0.05) is 31.3 Å². The Labute approximate surface area is 120 Å². The highest BCUT2D eigenvalue weighted by Crippen LogP contribution is 2.28. The third-order valence-electron chi connectivity index (χ3n) is 2.94. The zero-order valence-corrected chi connectivity index (χ0v) is 11.3. The second-order valence-electron chi connectivity index (χ2n) is 4.50. The Morgan fingerprint density at radius 1 is 1.24 bits per heavy atom. The topological polar surface area (TPSA) is 53.1 Å². The molecular formula is C14H16F3N3O. The number of hydrogen-bond donors (Lipinski definition) is 1. The van der Waals surface area contributed by atoms with Gasteiger partial charge in [0.15, 0.2) is 0 Å². The molecule has 0 saturated carbocycles. The Balaban J connectivity index is 1.81. The molecular weight excluding hydrogens is 283 g/mol. The molecule has 0 unspecified atom stereocenters. The van der Waals surface area contributed by atoms with Crippen molar-refractivity contribution in [3.63, 3.8) is 0 Å². The zero-order chi connectivity index (χ0) is 15.3. The summed E-state index contributed by atoms with van der Waals surface area (Å²) in [5, 5.41) is 3.68. The molecule has 0 bridgehead atoms. The Morgan fingerprint density at radius 3 is 2.67 bits per heavy atom. The van der Waals surface area contributed by atoms with Crippen LogP contribution in [0, 0.1) is 0 Å². The second-order valence-corrected chi connectivity index (χ2v) is 4.50. The van der Waals surface area contributed by atoms with Crippen LogP contribution in [-0.4, -0.2) is 16.4 Å². The maximum atomic E-state index is 12.4. The zero-order valence-electron chi connectivity index (χ0n) is 11.3. The number of halogens is 3. The molecule has 0 amide bonds. The van der Waals surface area contributed by atoms with E-state index in [4.69, 9.17) is 10.5 Å². The van der Waals surface area contributed by atoms with Crippen LogP contribution >= 0.6 is 0 Å². The summed E-state index contributed by atoms with van der Waals surface area (Å²) in [6.07, 6.45) is -1.98. The maximum Gasteiger partial charge on any atom is 0.419 e. The van der Waals surface area contributed by atoms with E-state index in [0.717, 1.165) is 18.0 Å². The minimum atomic E-state index is -4.35. The summed E-state index contributed by atoms with van der Waals surface area (Å²) in [5.74, 6) is 0.705. The smallest absolute Gasteiger partial charge is 0.419 e. The van der Waals surface area contributed by atoms with Gasteiger partial charge in [0.25, 0.3) is 0 Å². The van der Waals surface area contributed by atoms with Gasteiger partial charge in [0.1, 0.15) is 5.75 Å². The number of aromatic nitrogens is 2. The normalized spacial score (nSPS) is 11.6. The van der Waals surface area contributed by atoms with Gasteiger partial charge in [0.2, 0.25) is 0 Å². The quantitative estimate of drug-likeness (QED) is 0.835. The van der Waals surface area contributed by atoms with Crippen LogP contribution in [0.15, 0.2) is 36.7 Å². The average molecular weight is 299 g/mol. The summed E-state index contributed by atoms with van der Waals surface area (Å²) in [5.41, 5.74) is 5.75. The first-order valence-electron chi connectivity index (χ1n) is 6.51. The van der Waals surface area contributed by atoms with Crippen LogP contribution in [0.1, 0.15) is 17.5 Å². The van der Waals surface area contributed by atoms with Gasteiger partial charge >= 0.3 is 6.18 Å². The number of benzene rings is 1. The summed E-state index contributed by atoms with van der Waals surface area (Å²) in [6, 6.07) is 7.41. The first-order valence-corrected chi connectivity index (χ1v) is 6.51. The Bertz CT molecular complexity index is 581. The molecule has 2 aromatic rings. The van der Waals surface area contributed by atoms with Crippen LogP contribution in [0.4, 0.5) is 13.2 Å². The number of para-hydroxylation sites is 1. The molecule has 4 nitrogen and oxygen atoms in total.